The van der Waals surface area contributed by atoms with Crippen LogP contribution in [0.3, 0.4) is 0 Å². The lowest BCUT2D eigenvalue weighted by Gasteiger charge is -2.07. The maximum atomic E-state index is 6.12. The van der Waals surface area contributed by atoms with Crippen LogP contribution in [0.4, 0.5) is 10.8 Å². The average molecular weight is 290 g/mol. The average Bonchev–Trinajstić information content (AvgIpc) is 2.77. The molecular weight excluding hydrogens is 278 g/mol. The van der Waals surface area contributed by atoms with E-state index in [1.807, 2.05) is 36.4 Å². The summed E-state index contributed by atoms with van der Waals surface area (Å²) >= 11 is 7.62. The highest BCUT2D eigenvalue weighted by atomic mass is 35.5. The van der Waals surface area contributed by atoms with Gasteiger partial charge in [0, 0.05) is 17.3 Å². The summed E-state index contributed by atoms with van der Waals surface area (Å²) in [6.07, 6.45) is 0. The van der Waals surface area contributed by atoms with Gasteiger partial charge in [0.25, 0.3) is 0 Å². The molecule has 0 radical (unpaired) electrons. The monoisotopic (exact) mass is 289 g/mol. The Morgan fingerprint density at radius 1 is 1.21 bits per heavy atom. The van der Waals surface area contributed by atoms with E-state index in [9.17, 15) is 0 Å². The number of benzene rings is 2. The first-order valence-electron chi connectivity index (χ1n) is 5.86. The molecule has 2 aromatic carbocycles. The summed E-state index contributed by atoms with van der Waals surface area (Å²) in [6, 6.07) is 13.8. The molecule has 3 nitrogen and oxygen atoms in total. The molecule has 0 spiro atoms. The summed E-state index contributed by atoms with van der Waals surface area (Å²) in [5.74, 6) is 0. The Morgan fingerprint density at radius 3 is 2.89 bits per heavy atom. The summed E-state index contributed by atoms with van der Waals surface area (Å²) in [4.78, 5) is 4.23. The van der Waals surface area contributed by atoms with Gasteiger partial charge in [-0.3, -0.25) is 0 Å². The highest BCUT2D eigenvalue weighted by Gasteiger charge is 2.03. The van der Waals surface area contributed by atoms with E-state index < -0.39 is 0 Å². The first kappa shape index (κ1) is 12.3. The van der Waals surface area contributed by atoms with Gasteiger partial charge >= 0.3 is 0 Å². The van der Waals surface area contributed by atoms with Gasteiger partial charge in [-0.15, -0.1) is 0 Å². The second-order valence-corrected chi connectivity index (χ2v) is 5.65. The molecule has 96 valence electrons. The van der Waals surface area contributed by atoms with E-state index in [0.717, 1.165) is 26.5 Å². The largest absolute Gasteiger partial charge is 0.381 e. The van der Waals surface area contributed by atoms with Gasteiger partial charge in [0.15, 0.2) is 5.13 Å². The van der Waals surface area contributed by atoms with E-state index in [4.69, 9.17) is 17.3 Å². The predicted octanol–water partition coefficient (Wildman–Crippen LogP) is 4.14. The number of hydrogen-bond acceptors (Lipinski definition) is 4. The Kier molecular flexibility index (Phi) is 3.27. The van der Waals surface area contributed by atoms with Crippen LogP contribution in [0.1, 0.15) is 5.56 Å². The van der Waals surface area contributed by atoms with Crippen LogP contribution in [0.25, 0.3) is 10.2 Å². The van der Waals surface area contributed by atoms with E-state index in [0.29, 0.717) is 11.7 Å². The van der Waals surface area contributed by atoms with E-state index in [1.165, 1.54) is 11.3 Å². The van der Waals surface area contributed by atoms with Crippen LogP contribution in [0.15, 0.2) is 42.5 Å². The van der Waals surface area contributed by atoms with E-state index in [-0.39, 0.29) is 0 Å². The van der Waals surface area contributed by atoms with Crippen molar-refractivity contribution in [3.8, 4) is 0 Å². The molecule has 0 bridgehead atoms. The first-order valence-corrected chi connectivity index (χ1v) is 7.05. The maximum absolute atomic E-state index is 6.12. The smallest absolute Gasteiger partial charge is 0.181 e. The number of nitrogens with two attached hydrogens (primary N) is 1. The first-order chi connectivity index (χ1) is 9.22. The molecule has 1 heterocycles. The lowest BCUT2D eigenvalue weighted by atomic mass is 10.2. The third-order valence-corrected chi connectivity index (χ3v) is 4.06. The Bertz CT molecular complexity index is 724. The van der Waals surface area contributed by atoms with Gasteiger partial charge < -0.3 is 11.1 Å². The fourth-order valence-electron chi connectivity index (χ4n) is 1.89. The number of nitrogen functional groups attached to an aromatic ring is 1. The summed E-state index contributed by atoms with van der Waals surface area (Å²) < 4.78 is 1.08. The van der Waals surface area contributed by atoms with Crippen molar-refractivity contribution in [1.82, 2.24) is 4.98 Å². The Labute approximate surface area is 120 Å². The summed E-state index contributed by atoms with van der Waals surface area (Å²) in [5, 5.41) is 4.73. The van der Waals surface area contributed by atoms with Crippen molar-refractivity contribution in [3.05, 3.63) is 53.1 Å². The quantitative estimate of drug-likeness (QED) is 0.762. The molecule has 0 saturated carbocycles. The van der Waals surface area contributed by atoms with E-state index in [2.05, 4.69) is 16.4 Å². The van der Waals surface area contributed by atoms with Crippen LogP contribution in [-0.2, 0) is 6.54 Å². The molecule has 0 aliphatic carbocycles. The van der Waals surface area contributed by atoms with Gasteiger partial charge in [-0.1, -0.05) is 41.1 Å². The fraction of sp³-hybridized carbons (Fsp3) is 0.0714. The molecule has 0 saturated heterocycles. The number of rotatable bonds is 3. The molecular formula is C14H12ClN3S. The highest BCUT2D eigenvalue weighted by molar-refractivity contribution is 7.22. The van der Waals surface area contributed by atoms with Gasteiger partial charge in [0.2, 0.25) is 0 Å². The van der Waals surface area contributed by atoms with Crippen LogP contribution in [0.5, 0.6) is 0 Å². The number of nitrogens with one attached hydrogen (secondary N) is 1. The van der Waals surface area contributed by atoms with Gasteiger partial charge in [0.1, 0.15) is 0 Å². The normalized spacial score (nSPS) is 10.8. The zero-order valence-electron chi connectivity index (χ0n) is 10.1. The minimum Gasteiger partial charge on any atom is -0.381 e. The summed E-state index contributed by atoms with van der Waals surface area (Å²) in [7, 11) is 0. The Hall–Kier alpha value is -1.78. The molecule has 0 amide bonds. The number of halogens is 1. The topological polar surface area (TPSA) is 50.9 Å². The molecule has 0 aliphatic heterocycles. The predicted molar refractivity (Wildman–Crippen MR) is 82.8 cm³/mol. The zero-order chi connectivity index (χ0) is 13.2. The van der Waals surface area contributed by atoms with Crippen molar-refractivity contribution in [1.29, 1.82) is 0 Å². The van der Waals surface area contributed by atoms with Crippen LogP contribution in [0, 0.1) is 0 Å². The van der Waals surface area contributed by atoms with Gasteiger partial charge in [-0.05, 0) is 29.8 Å². The molecule has 3 aromatic rings. The second-order valence-electron chi connectivity index (χ2n) is 4.18. The number of aromatic nitrogens is 1. The van der Waals surface area contributed by atoms with Gasteiger partial charge in [-0.25, -0.2) is 4.98 Å². The van der Waals surface area contributed by atoms with Crippen molar-refractivity contribution in [2.45, 2.75) is 6.54 Å². The number of hydrogen-bond donors (Lipinski definition) is 2. The minimum atomic E-state index is 0.596. The van der Waals surface area contributed by atoms with Crippen molar-refractivity contribution in [2.24, 2.45) is 0 Å². The molecule has 5 heteroatoms. The van der Waals surface area contributed by atoms with Crippen LogP contribution >= 0.6 is 22.9 Å². The zero-order valence-corrected chi connectivity index (χ0v) is 11.6. The fourth-order valence-corrected chi connectivity index (χ4v) is 2.87. The molecule has 0 unspecified atom stereocenters. The van der Waals surface area contributed by atoms with E-state index in [1.54, 1.807) is 0 Å². The van der Waals surface area contributed by atoms with Crippen molar-refractivity contribution in [3.63, 3.8) is 0 Å². The molecule has 0 fully saturated rings. The van der Waals surface area contributed by atoms with Crippen molar-refractivity contribution < 1.29 is 0 Å². The number of nitrogens with zero attached hydrogens (tertiary/aromatic N) is 1. The summed E-state index contributed by atoms with van der Waals surface area (Å²) in [6.45, 7) is 0.694. The molecule has 1 aromatic heterocycles. The van der Waals surface area contributed by atoms with Crippen LogP contribution in [-0.4, -0.2) is 4.98 Å². The number of fused-ring (bicyclic) bond motifs is 1. The molecule has 0 atom stereocenters. The molecule has 19 heavy (non-hydrogen) atoms. The van der Waals surface area contributed by atoms with Gasteiger partial charge in [-0.2, -0.15) is 0 Å². The molecule has 0 aliphatic rings. The van der Waals surface area contributed by atoms with Crippen molar-refractivity contribution in [2.75, 3.05) is 11.1 Å². The SMILES string of the molecule is Nc1nc2ccc(NCc3ccccc3Cl)cc2s1. The van der Waals surface area contributed by atoms with Crippen LogP contribution in [0.2, 0.25) is 5.02 Å². The Balaban J connectivity index is 1.80. The highest BCUT2D eigenvalue weighted by Crippen LogP contribution is 2.27. The standard InChI is InChI=1S/C14H12ClN3S/c15-11-4-2-1-3-9(11)8-17-10-5-6-12-13(7-10)19-14(16)18-12/h1-7,17H,8H2,(H2,16,18). The van der Waals surface area contributed by atoms with E-state index >= 15 is 0 Å². The van der Waals surface area contributed by atoms with Crippen molar-refractivity contribution >= 4 is 44.0 Å². The molecule has 3 rings (SSSR count). The third kappa shape index (κ3) is 2.64. The Morgan fingerprint density at radius 2 is 2.05 bits per heavy atom. The molecule has 3 N–H and O–H groups in total. The number of thiazole rings is 1. The lowest BCUT2D eigenvalue weighted by molar-refractivity contribution is 1.15. The lowest BCUT2D eigenvalue weighted by Crippen LogP contribution is -1.99. The van der Waals surface area contributed by atoms with Gasteiger partial charge in [0.05, 0.1) is 10.2 Å². The third-order valence-electron chi connectivity index (χ3n) is 2.85. The van der Waals surface area contributed by atoms with Crippen LogP contribution < -0.4 is 11.1 Å². The second kappa shape index (κ2) is 5.07. The maximum Gasteiger partial charge on any atom is 0.181 e. The summed E-state index contributed by atoms with van der Waals surface area (Å²) in [5.41, 5.74) is 8.75. The number of anilines is 2. The minimum absolute atomic E-state index is 0.596.